The third-order valence-corrected chi connectivity index (χ3v) is 5.43. The molecule has 3 rings (SSSR count). The monoisotopic (exact) mass is 457 g/mol. The van der Waals surface area contributed by atoms with Crippen LogP contribution >= 0.6 is 23.8 Å². The van der Waals surface area contributed by atoms with Crippen molar-refractivity contribution in [3.8, 4) is 0 Å². The third-order valence-electron chi connectivity index (χ3n) is 4.82. The van der Waals surface area contributed by atoms with E-state index >= 15 is 0 Å². The van der Waals surface area contributed by atoms with Gasteiger partial charge < -0.3 is 15.5 Å². The van der Waals surface area contributed by atoms with Crippen LogP contribution in [0.3, 0.4) is 0 Å². The number of alkyl halides is 3. The van der Waals surface area contributed by atoms with E-state index in [9.17, 15) is 13.2 Å². The molecule has 10 heteroatoms. The number of halogens is 4. The van der Waals surface area contributed by atoms with Crippen molar-refractivity contribution in [1.29, 1.82) is 0 Å². The normalized spacial score (nSPS) is 19.5. The van der Waals surface area contributed by atoms with E-state index in [-0.39, 0.29) is 16.9 Å². The Kier molecular flexibility index (Phi) is 7.02. The smallest absolute Gasteiger partial charge is 0.358 e. The number of rotatable bonds is 4. The number of hydrogen-bond acceptors (Lipinski definition) is 4. The molecule has 1 aliphatic rings. The molecule has 162 valence electrons. The molecule has 1 fully saturated rings. The molecule has 1 aromatic heterocycles. The predicted octanol–water partition coefficient (Wildman–Crippen LogP) is 5.12. The number of thiocarbonyl (C=S) groups is 1. The lowest BCUT2D eigenvalue weighted by atomic mass is 9.92. The van der Waals surface area contributed by atoms with Gasteiger partial charge >= 0.3 is 6.18 Å². The van der Waals surface area contributed by atoms with E-state index < -0.39 is 11.9 Å². The number of nitrogens with zero attached hydrogens (tertiary/aromatic N) is 3. The van der Waals surface area contributed by atoms with Crippen LogP contribution in [-0.4, -0.2) is 28.2 Å². The van der Waals surface area contributed by atoms with Crippen LogP contribution in [0.2, 0.25) is 5.02 Å². The van der Waals surface area contributed by atoms with Crippen molar-refractivity contribution >= 4 is 40.7 Å². The molecule has 2 N–H and O–H groups in total. The van der Waals surface area contributed by atoms with Crippen molar-refractivity contribution in [3.63, 3.8) is 0 Å². The SMILES string of the molecule is C[C@H]1C[C@H](C)CN(c2cc(C(F)(F)F)nc(NC(=S)NCc3ccccc3Cl)n2)C1. The van der Waals surface area contributed by atoms with Gasteiger partial charge in [-0.2, -0.15) is 18.2 Å². The third kappa shape index (κ3) is 5.95. The molecule has 0 saturated carbocycles. The molecule has 1 aliphatic heterocycles. The summed E-state index contributed by atoms with van der Waals surface area (Å²) < 4.78 is 40.3. The van der Waals surface area contributed by atoms with Crippen LogP contribution in [0.15, 0.2) is 30.3 Å². The summed E-state index contributed by atoms with van der Waals surface area (Å²) in [6.07, 6.45) is -3.55. The fourth-order valence-electron chi connectivity index (χ4n) is 3.61. The Bertz CT molecular complexity index is 898. The highest BCUT2D eigenvalue weighted by molar-refractivity contribution is 7.80. The molecular formula is C20H23ClF3N5S. The second-order valence-corrected chi connectivity index (χ2v) is 8.50. The van der Waals surface area contributed by atoms with Crippen LogP contribution in [0.25, 0.3) is 0 Å². The lowest BCUT2D eigenvalue weighted by Crippen LogP contribution is -2.39. The minimum atomic E-state index is -4.59. The lowest BCUT2D eigenvalue weighted by Gasteiger charge is -2.36. The summed E-state index contributed by atoms with van der Waals surface area (Å²) in [4.78, 5) is 9.80. The Morgan fingerprint density at radius 3 is 2.50 bits per heavy atom. The second-order valence-electron chi connectivity index (χ2n) is 7.68. The summed E-state index contributed by atoms with van der Waals surface area (Å²) in [6.45, 7) is 5.78. The molecule has 0 radical (unpaired) electrons. The summed E-state index contributed by atoms with van der Waals surface area (Å²) in [6, 6.07) is 8.22. The van der Waals surface area contributed by atoms with Crippen molar-refractivity contribution in [3.05, 3.63) is 46.6 Å². The van der Waals surface area contributed by atoms with E-state index in [4.69, 9.17) is 23.8 Å². The van der Waals surface area contributed by atoms with Crippen LogP contribution in [0.1, 0.15) is 31.5 Å². The van der Waals surface area contributed by atoms with Gasteiger partial charge in [-0.3, -0.25) is 0 Å². The van der Waals surface area contributed by atoms with Gasteiger partial charge in [-0.05, 0) is 42.1 Å². The molecule has 1 saturated heterocycles. The molecule has 2 heterocycles. The molecular weight excluding hydrogens is 435 g/mol. The molecule has 0 bridgehead atoms. The molecule has 2 atom stereocenters. The van der Waals surface area contributed by atoms with Gasteiger partial charge in [0.1, 0.15) is 5.82 Å². The van der Waals surface area contributed by atoms with Crippen LogP contribution in [0, 0.1) is 11.8 Å². The Hall–Kier alpha value is -2.13. The molecule has 0 spiro atoms. The summed E-state index contributed by atoms with van der Waals surface area (Å²) >= 11 is 11.3. The number of piperidine rings is 1. The maximum atomic E-state index is 13.4. The van der Waals surface area contributed by atoms with Crippen LogP contribution in [-0.2, 0) is 12.7 Å². The second kappa shape index (κ2) is 9.34. The highest BCUT2D eigenvalue weighted by Crippen LogP contribution is 2.32. The maximum Gasteiger partial charge on any atom is 0.433 e. The van der Waals surface area contributed by atoms with E-state index in [0.717, 1.165) is 18.1 Å². The maximum absolute atomic E-state index is 13.4. The molecule has 30 heavy (non-hydrogen) atoms. The molecule has 2 aromatic rings. The first-order valence-corrected chi connectivity index (χ1v) is 10.4. The predicted molar refractivity (Wildman–Crippen MR) is 117 cm³/mol. The first-order valence-electron chi connectivity index (χ1n) is 9.61. The quantitative estimate of drug-likeness (QED) is 0.622. The van der Waals surface area contributed by atoms with Crippen molar-refractivity contribution < 1.29 is 13.2 Å². The highest BCUT2D eigenvalue weighted by Gasteiger charge is 2.35. The van der Waals surface area contributed by atoms with Crippen LogP contribution in [0.4, 0.5) is 24.9 Å². The summed E-state index contributed by atoms with van der Waals surface area (Å²) in [5.74, 6) is 0.787. The average Bonchev–Trinajstić information content (AvgIpc) is 2.65. The Morgan fingerprint density at radius 1 is 1.20 bits per heavy atom. The van der Waals surface area contributed by atoms with Crippen molar-refractivity contribution in [1.82, 2.24) is 15.3 Å². The standard InChI is InChI=1S/C20H23ClF3N5S/c1-12-7-13(2)11-29(10-12)17-8-16(20(22,23)24)26-18(27-17)28-19(30)25-9-14-5-3-4-6-15(14)21/h3-6,8,12-13H,7,9-11H2,1-2H3,(H2,25,26,27,28,30)/t12-,13-/m0/s1. The van der Waals surface area contributed by atoms with E-state index in [2.05, 4.69) is 34.4 Å². The fraction of sp³-hybridized carbons (Fsp3) is 0.450. The lowest BCUT2D eigenvalue weighted by molar-refractivity contribution is -0.141. The van der Waals surface area contributed by atoms with Crippen LogP contribution < -0.4 is 15.5 Å². The molecule has 1 aromatic carbocycles. The first-order chi connectivity index (χ1) is 14.1. The molecule has 0 aliphatic carbocycles. The topological polar surface area (TPSA) is 53.1 Å². The minimum absolute atomic E-state index is 0.112. The number of anilines is 2. The Morgan fingerprint density at radius 2 is 1.87 bits per heavy atom. The minimum Gasteiger partial charge on any atom is -0.358 e. The van der Waals surface area contributed by atoms with Gasteiger partial charge in [0.2, 0.25) is 5.95 Å². The largest absolute Gasteiger partial charge is 0.433 e. The number of hydrogen-bond donors (Lipinski definition) is 2. The van der Waals surface area contributed by atoms with Gasteiger partial charge in [0, 0.05) is 30.7 Å². The number of nitrogens with one attached hydrogen (secondary N) is 2. The zero-order chi connectivity index (χ0) is 21.9. The highest BCUT2D eigenvalue weighted by atomic mass is 35.5. The zero-order valence-corrected chi connectivity index (χ0v) is 18.2. The molecule has 0 unspecified atom stereocenters. The van der Waals surface area contributed by atoms with Gasteiger partial charge in [0.15, 0.2) is 10.8 Å². The van der Waals surface area contributed by atoms with E-state index in [1.807, 2.05) is 23.1 Å². The number of benzene rings is 1. The average molecular weight is 458 g/mol. The zero-order valence-electron chi connectivity index (χ0n) is 16.6. The van der Waals surface area contributed by atoms with Crippen molar-refractivity contribution in [2.75, 3.05) is 23.3 Å². The number of aromatic nitrogens is 2. The summed E-state index contributed by atoms with van der Waals surface area (Å²) in [5.41, 5.74) is -0.194. The van der Waals surface area contributed by atoms with Crippen molar-refractivity contribution in [2.24, 2.45) is 11.8 Å². The summed E-state index contributed by atoms with van der Waals surface area (Å²) in [7, 11) is 0. The van der Waals surface area contributed by atoms with Gasteiger partial charge in [-0.25, -0.2) is 4.98 Å². The van der Waals surface area contributed by atoms with Gasteiger partial charge in [-0.15, -0.1) is 0 Å². The molecule has 0 amide bonds. The van der Waals surface area contributed by atoms with E-state index in [1.54, 1.807) is 6.07 Å². The van der Waals surface area contributed by atoms with Gasteiger partial charge in [0.05, 0.1) is 0 Å². The van der Waals surface area contributed by atoms with E-state index in [1.165, 1.54) is 0 Å². The molecule has 5 nitrogen and oxygen atoms in total. The Balaban J connectivity index is 1.77. The van der Waals surface area contributed by atoms with Crippen molar-refractivity contribution in [2.45, 2.75) is 33.0 Å². The Labute approximate surface area is 184 Å². The fourth-order valence-corrected chi connectivity index (χ4v) is 3.98. The van der Waals surface area contributed by atoms with E-state index in [0.29, 0.717) is 36.5 Å². The van der Waals surface area contributed by atoms with Crippen LogP contribution in [0.5, 0.6) is 0 Å². The van der Waals surface area contributed by atoms with Gasteiger partial charge in [-0.1, -0.05) is 43.6 Å². The first kappa shape index (κ1) is 22.6. The summed E-state index contributed by atoms with van der Waals surface area (Å²) in [5, 5.41) is 6.27. The van der Waals surface area contributed by atoms with Gasteiger partial charge in [0.25, 0.3) is 0 Å².